The standard InChI is InChI=1S/C58H90O6/c1-4-7-10-13-16-19-21-23-25-27-29-31-32-34-36-39-42-45-48-51-57(60)63-54-55(53-62-56(59)50-47-44-41-38-18-15-12-9-6-3)64-58(61)52-49-46-43-40-37-35-33-30-28-26-24-22-20-17-14-11-8-5-2/h7,9-10,12,16,18-19,22-26,28-31,33-34,36,38,42,45,55H,4-6,8,11,13-15,17,20-21,27,32,35,37,39-41,43-44,46-54H2,1-3H3/b10-7-,12-9-,19-16-,24-22-,25-23-,28-26-,31-29-,33-30-,36-34-,38-18-,45-42-. The Hall–Kier alpha value is -4.45. The molecule has 0 saturated carbocycles. The van der Waals surface area contributed by atoms with Crippen molar-refractivity contribution in [1.29, 1.82) is 0 Å². The number of rotatable bonds is 43. The minimum atomic E-state index is -0.836. The molecule has 64 heavy (non-hydrogen) atoms. The molecule has 0 aliphatic rings. The molecule has 0 saturated heterocycles. The van der Waals surface area contributed by atoms with Gasteiger partial charge in [0.2, 0.25) is 0 Å². The monoisotopic (exact) mass is 883 g/mol. The lowest BCUT2D eigenvalue weighted by Gasteiger charge is -2.18. The van der Waals surface area contributed by atoms with Crippen LogP contribution in [0.25, 0.3) is 0 Å². The summed E-state index contributed by atoms with van der Waals surface area (Å²) in [7, 11) is 0. The van der Waals surface area contributed by atoms with Crippen LogP contribution in [0.15, 0.2) is 134 Å². The SMILES string of the molecule is CC/C=C\C/C=C\C/C=C\C/C=C\C/C=C\C/C=C\CCC(=O)OCC(COC(=O)CCCC/C=C\C/C=C\CC)OC(=O)CCCCCCC\C=C/C=C\C=C/CCCCCCC. The second-order valence-corrected chi connectivity index (χ2v) is 16.0. The lowest BCUT2D eigenvalue weighted by atomic mass is 10.1. The maximum absolute atomic E-state index is 12.8. The van der Waals surface area contributed by atoms with Crippen LogP contribution in [0.2, 0.25) is 0 Å². The summed E-state index contributed by atoms with van der Waals surface area (Å²) in [5.74, 6) is -1.08. The highest BCUT2D eigenvalue weighted by molar-refractivity contribution is 5.71. The van der Waals surface area contributed by atoms with E-state index < -0.39 is 6.10 Å². The Morgan fingerprint density at radius 1 is 0.344 bits per heavy atom. The van der Waals surface area contributed by atoms with Gasteiger partial charge in [-0.1, -0.05) is 199 Å². The number of esters is 3. The van der Waals surface area contributed by atoms with E-state index in [0.717, 1.165) is 109 Å². The Labute approximate surface area is 392 Å². The summed E-state index contributed by atoms with van der Waals surface area (Å²) in [6, 6.07) is 0. The van der Waals surface area contributed by atoms with Crippen LogP contribution in [0.5, 0.6) is 0 Å². The zero-order valence-electron chi connectivity index (χ0n) is 40.7. The van der Waals surface area contributed by atoms with Crippen LogP contribution >= 0.6 is 0 Å². The molecule has 0 amide bonds. The normalized spacial score (nSPS) is 13.2. The molecule has 1 atom stereocenters. The van der Waals surface area contributed by atoms with Gasteiger partial charge in [0.05, 0.1) is 0 Å². The highest BCUT2D eigenvalue weighted by Gasteiger charge is 2.19. The average molecular weight is 883 g/mol. The predicted molar refractivity (Wildman–Crippen MR) is 274 cm³/mol. The molecule has 6 nitrogen and oxygen atoms in total. The molecule has 1 unspecified atom stereocenters. The van der Waals surface area contributed by atoms with Crippen molar-refractivity contribution >= 4 is 17.9 Å². The van der Waals surface area contributed by atoms with Gasteiger partial charge in [-0.25, -0.2) is 0 Å². The van der Waals surface area contributed by atoms with Gasteiger partial charge in [-0.05, 0) is 109 Å². The molecule has 0 aliphatic heterocycles. The van der Waals surface area contributed by atoms with Crippen molar-refractivity contribution in [2.45, 2.75) is 200 Å². The Balaban J connectivity index is 4.54. The largest absolute Gasteiger partial charge is 0.462 e. The summed E-state index contributed by atoms with van der Waals surface area (Å²) < 4.78 is 16.6. The first kappa shape index (κ1) is 59.5. The smallest absolute Gasteiger partial charge is 0.306 e. The van der Waals surface area contributed by atoms with Gasteiger partial charge in [0.1, 0.15) is 13.2 Å². The molecule has 0 radical (unpaired) electrons. The highest BCUT2D eigenvalue weighted by Crippen LogP contribution is 2.11. The Kier molecular flexibility index (Phi) is 47.6. The molecular formula is C58H90O6. The summed E-state index contributed by atoms with van der Waals surface area (Å²) in [5.41, 5.74) is 0. The van der Waals surface area contributed by atoms with Crippen molar-refractivity contribution in [3.8, 4) is 0 Å². The predicted octanol–water partition coefficient (Wildman–Crippen LogP) is 16.7. The number of allylic oxidation sites excluding steroid dienone is 22. The molecule has 0 heterocycles. The number of carbonyl (C=O) groups excluding carboxylic acids is 3. The first-order valence-electron chi connectivity index (χ1n) is 25.2. The number of hydrogen-bond acceptors (Lipinski definition) is 6. The van der Waals surface area contributed by atoms with Crippen LogP contribution in [0, 0.1) is 0 Å². The van der Waals surface area contributed by atoms with E-state index in [0.29, 0.717) is 19.3 Å². The van der Waals surface area contributed by atoms with E-state index in [-0.39, 0.29) is 44.0 Å². The van der Waals surface area contributed by atoms with E-state index in [1.807, 2.05) is 12.2 Å². The second kappa shape index (κ2) is 51.2. The molecule has 6 heteroatoms. The van der Waals surface area contributed by atoms with Crippen LogP contribution in [0.3, 0.4) is 0 Å². The van der Waals surface area contributed by atoms with Crippen molar-refractivity contribution in [2.75, 3.05) is 13.2 Å². The molecule has 0 aromatic rings. The van der Waals surface area contributed by atoms with Gasteiger partial charge in [-0.3, -0.25) is 14.4 Å². The third-order valence-electron chi connectivity index (χ3n) is 9.94. The van der Waals surface area contributed by atoms with Crippen molar-refractivity contribution in [2.24, 2.45) is 0 Å². The van der Waals surface area contributed by atoms with Crippen molar-refractivity contribution in [3.63, 3.8) is 0 Å². The van der Waals surface area contributed by atoms with Crippen molar-refractivity contribution in [3.05, 3.63) is 134 Å². The lowest BCUT2D eigenvalue weighted by molar-refractivity contribution is -0.166. The molecule has 0 fully saturated rings. The minimum Gasteiger partial charge on any atom is -0.462 e. The molecule has 0 spiro atoms. The molecule has 0 aromatic carbocycles. The maximum Gasteiger partial charge on any atom is 0.306 e. The fourth-order valence-corrected chi connectivity index (χ4v) is 6.21. The zero-order valence-corrected chi connectivity index (χ0v) is 40.7. The Bertz CT molecular complexity index is 1430. The van der Waals surface area contributed by atoms with Crippen molar-refractivity contribution < 1.29 is 28.6 Å². The van der Waals surface area contributed by atoms with Crippen LogP contribution in [0.4, 0.5) is 0 Å². The van der Waals surface area contributed by atoms with E-state index in [2.05, 4.69) is 142 Å². The summed E-state index contributed by atoms with van der Waals surface area (Å²) >= 11 is 0. The Morgan fingerprint density at radius 2 is 0.703 bits per heavy atom. The molecule has 0 aliphatic carbocycles. The van der Waals surface area contributed by atoms with E-state index in [4.69, 9.17) is 14.2 Å². The third-order valence-corrected chi connectivity index (χ3v) is 9.94. The van der Waals surface area contributed by atoms with Gasteiger partial charge in [0, 0.05) is 19.3 Å². The van der Waals surface area contributed by atoms with Crippen molar-refractivity contribution in [1.82, 2.24) is 0 Å². The van der Waals surface area contributed by atoms with Crippen LogP contribution in [-0.2, 0) is 28.6 Å². The number of carbonyl (C=O) groups is 3. The van der Waals surface area contributed by atoms with E-state index in [9.17, 15) is 14.4 Å². The summed E-state index contributed by atoms with van der Waals surface area (Å²) in [6.45, 7) is 6.24. The molecule has 0 rings (SSSR count). The number of ether oxygens (including phenoxy) is 3. The first-order chi connectivity index (χ1) is 31.5. The molecule has 358 valence electrons. The molecule has 0 bridgehead atoms. The maximum atomic E-state index is 12.8. The van der Waals surface area contributed by atoms with Gasteiger partial charge in [0.15, 0.2) is 6.10 Å². The topological polar surface area (TPSA) is 78.9 Å². The van der Waals surface area contributed by atoms with Gasteiger partial charge in [0.25, 0.3) is 0 Å². The number of hydrogen-bond donors (Lipinski definition) is 0. The summed E-state index contributed by atoms with van der Waals surface area (Å²) in [5, 5.41) is 0. The fraction of sp³-hybridized carbons (Fsp3) is 0.569. The van der Waals surface area contributed by atoms with E-state index in [1.165, 1.54) is 32.1 Å². The quantitative estimate of drug-likeness (QED) is 0.0200. The van der Waals surface area contributed by atoms with Gasteiger partial charge >= 0.3 is 17.9 Å². The van der Waals surface area contributed by atoms with E-state index in [1.54, 1.807) is 0 Å². The summed E-state index contributed by atoms with van der Waals surface area (Å²) in [6.07, 6.45) is 71.7. The minimum absolute atomic E-state index is 0.132. The lowest BCUT2D eigenvalue weighted by Crippen LogP contribution is -2.30. The van der Waals surface area contributed by atoms with Gasteiger partial charge in [-0.15, -0.1) is 0 Å². The van der Waals surface area contributed by atoms with Gasteiger partial charge < -0.3 is 14.2 Å². The number of unbranched alkanes of at least 4 members (excludes halogenated alkanes) is 12. The molecular weight excluding hydrogens is 793 g/mol. The third kappa shape index (κ3) is 48.6. The highest BCUT2D eigenvalue weighted by atomic mass is 16.6. The fourth-order valence-electron chi connectivity index (χ4n) is 6.21. The second-order valence-electron chi connectivity index (χ2n) is 16.0. The van der Waals surface area contributed by atoms with E-state index >= 15 is 0 Å². The summed E-state index contributed by atoms with van der Waals surface area (Å²) in [4.78, 5) is 37.8. The average Bonchev–Trinajstić information content (AvgIpc) is 3.29. The zero-order chi connectivity index (χ0) is 46.5. The van der Waals surface area contributed by atoms with Gasteiger partial charge in [-0.2, -0.15) is 0 Å². The van der Waals surface area contributed by atoms with Crippen LogP contribution in [0.1, 0.15) is 194 Å². The molecule has 0 N–H and O–H groups in total. The van der Waals surface area contributed by atoms with Crippen LogP contribution in [-0.4, -0.2) is 37.2 Å². The molecule has 0 aromatic heterocycles. The Morgan fingerprint density at radius 3 is 1.20 bits per heavy atom. The van der Waals surface area contributed by atoms with Crippen LogP contribution < -0.4 is 0 Å². The first-order valence-corrected chi connectivity index (χ1v) is 25.2.